The minimum atomic E-state index is -0.593. The number of esters is 1. The molecule has 1 N–H and O–H groups in total. The van der Waals surface area contributed by atoms with Crippen LogP contribution in [0.4, 0.5) is 5.00 Å². The van der Waals surface area contributed by atoms with E-state index in [0.29, 0.717) is 22.2 Å². The monoisotopic (exact) mass is 474 g/mol. The molecule has 0 aliphatic carbocycles. The summed E-state index contributed by atoms with van der Waals surface area (Å²) in [6, 6.07) is 16.9. The van der Waals surface area contributed by atoms with Gasteiger partial charge in [0.15, 0.2) is 0 Å². The van der Waals surface area contributed by atoms with Crippen LogP contribution < -0.4 is 10.1 Å². The zero-order valence-corrected chi connectivity index (χ0v) is 20.4. The quantitative estimate of drug-likeness (QED) is 0.236. The average Bonchev–Trinajstić information content (AvgIpc) is 3.26. The average molecular weight is 475 g/mol. The van der Waals surface area contributed by atoms with Gasteiger partial charge in [0.05, 0.1) is 13.7 Å². The van der Waals surface area contributed by atoms with E-state index in [4.69, 9.17) is 9.47 Å². The van der Waals surface area contributed by atoms with E-state index in [1.165, 1.54) is 23.0 Å². The van der Waals surface area contributed by atoms with Gasteiger partial charge in [0, 0.05) is 10.9 Å². The smallest absolute Gasteiger partial charge is 0.341 e. The predicted octanol–water partition coefficient (Wildman–Crippen LogP) is 6.27. The van der Waals surface area contributed by atoms with Crippen LogP contribution in [-0.4, -0.2) is 25.6 Å². The summed E-state index contributed by atoms with van der Waals surface area (Å²) in [5.74, 6) is -0.0621. The van der Waals surface area contributed by atoms with Crippen molar-refractivity contribution in [3.63, 3.8) is 0 Å². The van der Waals surface area contributed by atoms with Crippen LogP contribution >= 0.6 is 11.3 Å². The van der Waals surface area contributed by atoms with Gasteiger partial charge in [0.1, 0.15) is 28.0 Å². The first-order valence-corrected chi connectivity index (χ1v) is 11.7. The summed E-state index contributed by atoms with van der Waals surface area (Å²) in [6.45, 7) is 6.11. The fourth-order valence-electron chi connectivity index (χ4n) is 3.30. The first kappa shape index (κ1) is 24.7. The molecule has 0 spiro atoms. The van der Waals surface area contributed by atoms with Crippen LogP contribution in [0.25, 0.3) is 17.2 Å². The normalized spacial score (nSPS) is 11.1. The lowest BCUT2D eigenvalue weighted by Crippen LogP contribution is -2.16. The van der Waals surface area contributed by atoms with Crippen molar-refractivity contribution in [1.82, 2.24) is 0 Å². The number of hydrogen-bond acceptors (Lipinski definition) is 6. The second-order valence-corrected chi connectivity index (χ2v) is 8.63. The van der Waals surface area contributed by atoms with Crippen molar-refractivity contribution in [3.05, 3.63) is 76.2 Å². The van der Waals surface area contributed by atoms with Gasteiger partial charge < -0.3 is 14.8 Å². The molecule has 0 aliphatic rings. The summed E-state index contributed by atoms with van der Waals surface area (Å²) in [5.41, 5.74) is 3.51. The molecule has 0 bridgehead atoms. The number of hydrogen-bond donors (Lipinski definition) is 1. The Morgan fingerprint density at radius 3 is 2.35 bits per heavy atom. The topological polar surface area (TPSA) is 88.4 Å². The lowest BCUT2D eigenvalue weighted by Gasteiger charge is -2.09. The first-order valence-electron chi connectivity index (χ1n) is 10.8. The van der Waals surface area contributed by atoms with E-state index in [-0.39, 0.29) is 17.7 Å². The number of nitrogens with one attached hydrogen (secondary N) is 1. The van der Waals surface area contributed by atoms with Gasteiger partial charge >= 0.3 is 5.97 Å². The van der Waals surface area contributed by atoms with Gasteiger partial charge in [-0.15, -0.1) is 11.3 Å². The molecular formula is C27H26N2O4S. The number of amides is 1. The van der Waals surface area contributed by atoms with Gasteiger partial charge in [-0.25, -0.2) is 4.79 Å². The predicted molar refractivity (Wildman–Crippen MR) is 135 cm³/mol. The third-order valence-electron chi connectivity index (χ3n) is 5.18. The number of carbonyl (C=O) groups excluding carboxylic acids is 2. The summed E-state index contributed by atoms with van der Waals surface area (Å²) >= 11 is 1.20. The molecular weight excluding hydrogens is 448 g/mol. The summed E-state index contributed by atoms with van der Waals surface area (Å²) in [6.07, 6.45) is 1.53. The molecule has 2 aromatic carbocycles. The third-order valence-corrected chi connectivity index (χ3v) is 6.07. The van der Waals surface area contributed by atoms with Gasteiger partial charge in [-0.1, -0.05) is 50.2 Å². The van der Waals surface area contributed by atoms with Crippen LogP contribution in [0.2, 0.25) is 0 Å². The molecule has 0 unspecified atom stereocenters. The zero-order valence-electron chi connectivity index (χ0n) is 19.5. The Morgan fingerprint density at radius 1 is 1.12 bits per heavy atom. The number of anilines is 1. The minimum absolute atomic E-state index is 0.0634. The Labute approximate surface area is 203 Å². The molecule has 6 nitrogen and oxygen atoms in total. The van der Waals surface area contributed by atoms with Crippen molar-refractivity contribution in [1.29, 1.82) is 5.26 Å². The van der Waals surface area contributed by atoms with Crippen molar-refractivity contribution in [3.8, 4) is 22.9 Å². The molecule has 0 aliphatic heterocycles. The van der Waals surface area contributed by atoms with E-state index in [9.17, 15) is 14.9 Å². The maximum Gasteiger partial charge on any atom is 0.341 e. The third kappa shape index (κ3) is 5.72. The summed E-state index contributed by atoms with van der Waals surface area (Å²) in [4.78, 5) is 25.7. The van der Waals surface area contributed by atoms with Crippen LogP contribution in [0.1, 0.15) is 48.2 Å². The second-order valence-electron chi connectivity index (χ2n) is 7.75. The fraction of sp³-hybridized carbons (Fsp3) is 0.222. The number of nitrogens with zero attached hydrogens (tertiary/aromatic N) is 1. The Hall–Kier alpha value is -3.89. The molecule has 7 heteroatoms. The molecule has 1 aromatic heterocycles. The highest BCUT2D eigenvalue weighted by Gasteiger charge is 2.24. The van der Waals surface area contributed by atoms with Crippen molar-refractivity contribution in [2.45, 2.75) is 26.7 Å². The molecule has 3 aromatic rings. The Kier molecular flexibility index (Phi) is 8.23. The second kappa shape index (κ2) is 11.3. The van der Waals surface area contributed by atoms with Gasteiger partial charge in [0.25, 0.3) is 5.91 Å². The summed E-state index contributed by atoms with van der Waals surface area (Å²) < 4.78 is 10.4. The summed E-state index contributed by atoms with van der Waals surface area (Å²) in [7, 11) is 1.58. The summed E-state index contributed by atoms with van der Waals surface area (Å²) in [5, 5.41) is 14.4. The lowest BCUT2D eigenvalue weighted by molar-refractivity contribution is -0.112. The van der Waals surface area contributed by atoms with Crippen LogP contribution in [-0.2, 0) is 9.53 Å². The molecule has 34 heavy (non-hydrogen) atoms. The number of ether oxygens (including phenoxy) is 2. The number of carbonyl (C=O) groups is 2. The minimum Gasteiger partial charge on any atom is -0.497 e. The molecule has 1 heterocycles. The standard InChI is InChI=1S/C27H26N2O4S/c1-5-33-27(31)24-23(20-10-12-22(32-4)13-11-20)16-34-26(24)29-25(30)21(15-28)14-18-6-8-19(9-7-18)17(2)3/h6-14,16-17H,5H2,1-4H3,(H,29,30)/b21-14+. The van der Waals surface area contributed by atoms with Crippen molar-refractivity contribution in [2.75, 3.05) is 19.0 Å². The van der Waals surface area contributed by atoms with E-state index >= 15 is 0 Å². The molecule has 3 rings (SSSR count). The first-order chi connectivity index (χ1) is 16.4. The number of rotatable bonds is 8. The van der Waals surface area contributed by atoms with E-state index in [0.717, 1.165) is 11.1 Å². The molecule has 0 fully saturated rings. The number of methoxy groups -OCH3 is 1. The van der Waals surface area contributed by atoms with Crippen LogP contribution in [0.5, 0.6) is 5.75 Å². The highest BCUT2D eigenvalue weighted by atomic mass is 32.1. The Bertz CT molecular complexity index is 1230. The van der Waals surface area contributed by atoms with Crippen LogP contribution in [0.3, 0.4) is 0 Å². The largest absolute Gasteiger partial charge is 0.497 e. The highest BCUT2D eigenvalue weighted by molar-refractivity contribution is 7.15. The number of thiophene rings is 1. The molecule has 174 valence electrons. The van der Waals surface area contributed by atoms with Crippen molar-refractivity contribution >= 4 is 34.3 Å². The Balaban J connectivity index is 1.92. The van der Waals surface area contributed by atoms with Gasteiger partial charge in [-0.05, 0) is 47.7 Å². The SMILES string of the molecule is CCOC(=O)c1c(-c2ccc(OC)cc2)csc1NC(=O)/C(C#N)=C/c1ccc(C(C)C)cc1. The van der Waals surface area contributed by atoms with E-state index in [1.807, 2.05) is 42.5 Å². The van der Waals surface area contributed by atoms with Crippen LogP contribution in [0.15, 0.2) is 59.5 Å². The van der Waals surface area contributed by atoms with Gasteiger partial charge in [-0.2, -0.15) is 5.26 Å². The van der Waals surface area contributed by atoms with Crippen molar-refractivity contribution in [2.24, 2.45) is 0 Å². The molecule has 0 radical (unpaired) electrons. The fourth-order valence-corrected chi connectivity index (χ4v) is 4.25. The zero-order chi connectivity index (χ0) is 24.7. The molecule has 0 saturated heterocycles. The maximum atomic E-state index is 12.9. The van der Waals surface area contributed by atoms with E-state index < -0.39 is 11.9 Å². The number of nitriles is 1. The maximum absolute atomic E-state index is 12.9. The van der Waals surface area contributed by atoms with Gasteiger partial charge in [-0.3, -0.25) is 4.79 Å². The molecule has 1 amide bonds. The van der Waals surface area contributed by atoms with Crippen molar-refractivity contribution < 1.29 is 19.1 Å². The molecule has 0 saturated carbocycles. The highest BCUT2D eigenvalue weighted by Crippen LogP contribution is 2.37. The lowest BCUT2D eigenvalue weighted by atomic mass is 10.0. The molecule has 0 atom stereocenters. The van der Waals surface area contributed by atoms with Gasteiger partial charge in [0.2, 0.25) is 0 Å². The Morgan fingerprint density at radius 2 is 1.79 bits per heavy atom. The van der Waals surface area contributed by atoms with E-state index in [2.05, 4.69) is 19.2 Å². The van der Waals surface area contributed by atoms with E-state index in [1.54, 1.807) is 31.5 Å². The van der Waals surface area contributed by atoms with Crippen LogP contribution in [0, 0.1) is 11.3 Å². The number of benzene rings is 2.